The molecule has 1 N–H and O–H groups in total. The molecule has 0 bridgehead atoms. The summed E-state index contributed by atoms with van der Waals surface area (Å²) in [5.74, 6) is 0.283. The van der Waals surface area contributed by atoms with Gasteiger partial charge in [0.15, 0.2) is 0 Å². The van der Waals surface area contributed by atoms with Crippen molar-refractivity contribution >= 4 is 23.6 Å². The number of benzene rings is 2. The minimum atomic E-state index is -0.376. The van der Waals surface area contributed by atoms with Crippen LogP contribution in [-0.2, 0) is 14.3 Å². The Morgan fingerprint density at radius 3 is 2.33 bits per heavy atom. The number of hydrogen-bond donors (Lipinski definition) is 1. The SMILES string of the molecule is CCOC(=O)/C=C/c1ccc(NC(=O)CCOc2cc(C)cc(C)c2)cc1. The van der Waals surface area contributed by atoms with Crippen LogP contribution < -0.4 is 10.1 Å². The smallest absolute Gasteiger partial charge is 0.330 e. The van der Waals surface area contributed by atoms with Gasteiger partial charge in [0.05, 0.1) is 19.6 Å². The Morgan fingerprint density at radius 1 is 1.04 bits per heavy atom. The Morgan fingerprint density at radius 2 is 1.70 bits per heavy atom. The predicted molar refractivity (Wildman–Crippen MR) is 107 cm³/mol. The lowest BCUT2D eigenvalue weighted by atomic mass is 10.1. The fraction of sp³-hybridized carbons (Fsp3) is 0.273. The fourth-order valence-electron chi connectivity index (χ4n) is 2.53. The van der Waals surface area contributed by atoms with Crippen molar-refractivity contribution in [2.24, 2.45) is 0 Å². The normalized spacial score (nSPS) is 10.6. The molecule has 1 amide bonds. The summed E-state index contributed by atoms with van der Waals surface area (Å²) < 4.78 is 10.5. The average molecular weight is 367 g/mol. The first kappa shape index (κ1) is 20.2. The largest absolute Gasteiger partial charge is 0.493 e. The Balaban J connectivity index is 1.79. The first-order valence-corrected chi connectivity index (χ1v) is 8.92. The van der Waals surface area contributed by atoms with Gasteiger partial charge >= 0.3 is 5.97 Å². The summed E-state index contributed by atoms with van der Waals surface area (Å²) in [5.41, 5.74) is 3.80. The van der Waals surface area contributed by atoms with Gasteiger partial charge in [0.25, 0.3) is 0 Å². The van der Waals surface area contributed by atoms with Crippen LogP contribution >= 0.6 is 0 Å². The van der Waals surface area contributed by atoms with Crippen LogP contribution in [-0.4, -0.2) is 25.1 Å². The van der Waals surface area contributed by atoms with Gasteiger partial charge in [-0.25, -0.2) is 4.79 Å². The highest BCUT2D eigenvalue weighted by atomic mass is 16.5. The number of rotatable bonds is 8. The van der Waals surface area contributed by atoms with Crippen molar-refractivity contribution in [3.63, 3.8) is 0 Å². The van der Waals surface area contributed by atoms with Gasteiger partial charge in [0.2, 0.25) is 5.91 Å². The van der Waals surface area contributed by atoms with Crippen molar-refractivity contribution < 1.29 is 19.1 Å². The molecule has 5 heteroatoms. The molecule has 2 rings (SSSR count). The zero-order chi connectivity index (χ0) is 19.6. The molecule has 0 aliphatic rings. The second-order valence-electron chi connectivity index (χ2n) is 6.18. The van der Waals surface area contributed by atoms with E-state index >= 15 is 0 Å². The van der Waals surface area contributed by atoms with E-state index in [1.54, 1.807) is 25.1 Å². The van der Waals surface area contributed by atoms with E-state index in [-0.39, 0.29) is 18.3 Å². The van der Waals surface area contributed by atoms with Gasteiger partial charge in [-0.1, -0.05) is 18.2 Å². The third kappa shape index (κ3) is 7.36. The van der Waals surface area contributed by atoms with E-state index in [4.69, 9.17) is 9.47 Å². The summed E-state index contributed by atoms with van der Waals surface area (Å²) in [6, 6.07) is 13.2. The number of carbonyl (C=O) groups is 2. The van der Waals surface area contributed by atoms with Crippen molar-refractivity contribution in [3.8, 4) is 5.75 Å². The fourth-order valence-corrected chi connectivity index (χ4v) is 2.53. The van der Waals surface area contributed by atoms with Crippen LogP contribution in [0.15, 0.2) is 48.5 Å². The number of hydrogen-bond acceptors (Lipinski definition) is 4. The van der Waals surface area contributed by atoms with Crippen molar-refractivity contribution in [2.45, 2.75) is 27.2 Å². The van der Waals surface area contributed by atoms with E-state index in [1.807, 2.05) is 38.1 Å². The quantitative estimate of drug-likeness (QED) is 0.558. The van der Waals surface area contributed by atoms with E-state index in [2.05, 4.69) is 11.4 Å². The van der Waals surface area contributed by atoms with Gasteiger partial charge < -0.3 is 14.8 Å². The Labute approximate surface area is 160 Å². The van der Waals surface area contributed by atoms with E-state index in [9.17, 15) is 9.59 Å². The van der Waals surface area contributed by atoms with Gasteiger partial charge in [0, 0.05) is 11.8 Å². The maximum atomic E-state index is 12.0. The summed E-state index contributed by atoms with van der Waals surface area (Å²) in [7, 11) is 0. The molecule has 0 heterocycles. The third-order valence-electron chi connectivity index (χ3n) is 3.69. The summed E-state index contributed by atoms with van der Waals surface area (Å²) in [5, 5.41) is 2.83. The number of amides is 1. The lowest BCUT2D eigenvalue weighted by Gasteiger charge is -2.09. The Hall–Kier alpha value is -3.08. The topological polar surface area (TPSA) is 64.6 Å². The predicted octanol–water partition coefficient (Wildman–Crippen LogP) is 4.29. The minimum absolute atomic E-state index is 0.116. The first-order chi connectivity index (χ1) is 13.0. The van der Waals surface area contributed by atoms with Crippen LogP contribution in [0.5, 0.6) is 5.75 Å². The van der Waals surface area contributed by atoms with Gasteiger partial charge in [0.1, 0.15) is 5.75 Å². The van der Waals surface area contributed by atoms with E-state index < -0.39 is 0 Å². The van der Waals surface area contributed by atoms with Gasteiger partial charge in [-0.15, -0.1) is 0 Å². The lowest BCUT2D eigenvalue weighted by Crippen LogP contribution is -2.15. The molecule has 0 spiro atoms. The number of aryl methyl sites for hydroxylation is 2. The Bertz CT molecular complexity index is 789. The molecule has 0 aliphatic carbocycles. The highest BCUT2D eigenvalue weighted by Gasteiger charge is 2.04. The van der Waals surface area contributed by atoms with Crippen LogP contribution in [0.4, 0.5) is 5.69 Å². The molecule has 0 aliphatic heterocycles. The molecule has 27 heavy (non-hydrogen) atoms. The number of ether oxygens (including phenoxy) is 2. The molecule has 2 aromatic rings. The standard InChI is InChI=1S/C22H25NO4/c1-4-26-22(25)10-7-18-5-8-19(9-6-18)23-21(24)11-12-27-20-14-16(2)13-17(3)15-20/h5-10,13-15H,4,11-12H2,1-3H3,(H,23,24)/b10-7+. The molecular weight excluding hydrogens is 342 g/mol. The summed E-state index contributed by atoms with van der Waals surface area (Å²) in [6.45, 7) is 6.45. The lowest BCUT2D eigenvalue weighted by molar-refractivity contribution is -0.137. The summed E-state index contributed by atoms with van der Waals surface area (Å²) in [4.78, 5) is 23.3. The second kappa shape index (κ2) is 10.2. The zero-order valence-corrected chi connectivity index (χ0v) is 16.0. The third-order valence-corrected chi connectivity index (χ3v) is 3.69. The van der Waals surface area contributed by atoms with Gasteiger partial charge in [-0.2, -0.15) is 0 Å². The van der Waals surface area contributed by atoms with Crippen molar-refractivity contribution in [2.75, 3.05) is 18.5 Å². The molecule has 0 unspecified atom stereocenters. The highest BCUT2D eigenvalue weighted by Crippen LogP contribution is 2.16. The van der Waals surface area contributed by atoms with E-state index in [0.29, 0.717) is 18.9 Å². The van der Waals surface area contributed by atoms with E-state index in [1.165, 1.54) is 6.08 Å². The minimum Gasteiger partial charge on any atom is -0.493 e. The second-order valence-corrected chi connectivity index (χ2v) is 6.18. The molecule has 0 saturated heterocycles. The molecule has 2 aromatic carbocycles. The molecule has 0 atom stereocenters. The molecule has 0 aromatic heterocycles. The Kier molecular flexibility index (Phi) is 7.62. The van der Waals surface area contributed by atoms with Crippen molar-refractivity contribution in [1.29, 1.82) is 0 Å². The van der Waals surface area contributed by atoms with Gasteiger partial charge in [-0.05, 0) is 67.8 Å². The van der Waals surface area contributed by atoms with Crippen LogP contribution in [0.3, 0.4) is 0 Å². The monoisotopic (exact) mass is 367 g/mol. The number of nitrogens with one attached hydrogen (secondary N) is 1. The van der Waals surface area contributed by atoms with Crippen LogP contribution in [0, 0.1) is 13.8 Å². The maximum Gasteiger partial charge on any atom is 0.330 e. The number of anilines is 1. The van der Waals surface area contributed by atoms with Crippen LogP contribution in [0.2, 0.25) is 0 Å². The van der Waals surface area contributed by atoms with E-state index in [0.717, 1.165) is 22.4 Å². The first-order valence-electron chi connectivity index (χ1n) is 8.92. The average Bonchev–Trinajstić information content (AvgIpc) is 2.60. The van der Waals surface area contributed by atoms with Crippen molar-refractivity contribution in [3.05, 3.63) is 65.2 Å². The van der Waals surface area contributed by atoms with Crippen LogP contribution in [0.25, 0.3) is 6.08 Å². The molecular formula is C22H25NO4. The molecule has 0 fully saturated rings. The summed E-state index contributed by atoms with van der Waals surface area (Å²) in [6.07, 6.45) is 3.31. The maximum absolute atomic E-state index is 12.0. The number of carbonyl (C=O) groups excluding carboxylic acids is 2. The number of esters is 1. The molecule has 0 radical (unpaired) electrons. The van der Waals surface area contributed by atoms with Crippen LogP contribution in [0.1, 0.15) is 30.0 Å². The highest BCUT2D eigenvalue weighted by molar-refractivity contribution is 5.91. The van der Waals surface area contributed by atoms with Crippen molar-refractivity contribution in [1.82, 2.24) is 0 Å². The molecule has 0 saturated carbocycles. The summed E-state index contributed by atoms with van der Waals surface area (Å²) >= 11 is 0. The molecule has 5 nitrogen and oxygen atoms in total. The zero-order valence-electron chi connectivity index (χ0n) is 16.0. The molecule has 142 valence electrons. The van der Waals surface area contributed by atoms with Gasteiger partial charge in [-0.3, -0.25) is 4.79 Å².